The van der Waals surface area contributed by atoms with Crippen LogP contribution in [0.2, 0.25) is 0 Å². The summed E-state index contributed by atoms with van der Waals surface area (Å²) in [6.07, 6.45) is 6.66. The minimum atomic E-state index is -0.782. The summed E-state index contributed by atoms with van der Waals surface area (Å²) in [7, 11) is 0. The third-order valence-corrected chi connectivity index (χ3v) is 4.94. The lowest BCUT2D eigenvalue weighted by Crippen LogP contribution is -2.31. The zero-order valence-corrected chi connectivity index (χ0v) is 16.6. The van der Waals surface area contributed by atoms with Crippen LogP contribution in [-0.2, 0) is 0 Å². The Hall–Kier alpha value is -1.42. The molecule has 0 N–H and O–H groups in total. The van der Waals surface area contributed by atoms with Crippen molar-refractivity contribution in [3.8, 4) is 12.1 Å². The van der Waals surface area contributed by atoms with Gasteiger partial charge in [0.05, 0.1) is 12.1 Å². The molecular formula is C20H36N4. The summed E-state index contributed by atoms with van der Waals surface area (Å²) in [6.45, 7) is 12.7. The van der Waals surface area contributed by atoms with Crippen molar-refractivity contribution < 1.29 is 0 Å². The highest BCUT2D eigenvalue weighted by atomic mass is 15.2. The lowest BCUT2D eigenvalue weighted by atomic mass is 9.84. The van der Waals surface area contributed by atoms with Crippen molar-refractivity contribution >= 4 is 0 Å². The van der Waals surface area contributed by atoms with Gasteiger partial charge < -0.3 is 0 Å². The molecule has 4 nitrogen and oxygen atoms in total. The summed E-state index contributed by atoms with van der Waals surface area (Å²) < 4.78 is 0. The normalized spacial score (nSPS) is 19.0. The molecule has 0 aliphatic heterocycles. The molecule has 0 amide bonds. The first-order valence-electron chi connectivity index (χ1n) is 9.62. The second-order valence-corrected chi connectivity index (χ2v) is 7.42. The summed E-state index contributed by atoms with van der Waals surface area (Å²) in [5, 5.41) is 28.7. The molecule has 0 spiro atoms. The maximum Gasteiger partial charge on any atom is 0.167 e. The van der Waals surface area contributed by atoms with Crippen molar-refractivity contribution in [2.75, 3.05) is 0 Å². The molecule has 0 aromatic heterocycles. The van der Waals surface area contributed by atoms with E-state index in [2.05, 4.69) is 63.9 Å². The van der Waals surface area contributed by atoms with Crippen molar-refractivity contribution in [2.45, 2.75) is 104 Å². The Labute approximate surface area is 149 Å². The molecule has 0 heterocycles. The van der Waals surface area contributed by atoms with E-state index in [0.29, 0.717) is 37.5 Å². The van der Waals surface area contributed by atoms with E-state index in [9.17, 15) is 10.5 Å². The SMILES string of the molecule is CCCC(C#N)(CC(C)CC)N=NC(C#N)(CCC)CC(C)CC. The van der Waals surface area contributed by atoms with Gasteiger partial charge >= 0.3 is 0 Å². The van der Waals surface area contributed by atoms with Gasteiger partial charge in [0.25, 0.3) is 0 Å². The summed E-state index contributed by atoms with van der Waals surface area (Å²) in [5.41, 5.74) is -1.56. The number of nitrogens with zero attached hydrogens (tertiary/aromatic N) is 4. The van der Waals surface area contributed by atoms with Crippen LogP contribution in [0.15, 0.2) is 10.2 Å². The molecular weight excluding hydrogens is 296 g/mol. The van der Waals surface area contributed by atoms with E-state index < -0.39 is 11.1 Å². The second-order valence-electron chi connectivity index (χ2n) is 7.42. The lowest BCUT2D eigenvalue weighted by molar-refractivity contribution is 0.314. The average Bonchev–Trinajstić information content (AvgIpc) is 2.59. The third kappa shape index (κ3) is 7.00. The number of hydrogen-bond acceptors (Lipinski definition) is 4. The molecule has 0 bridgehead atoms. The van der Waals surface area contributed by atoms with Gasteiger partial charge in [-0.15, -0.1) is 0 Å². The van der Waals surface area contributed by atoms with Gasteiger partial charge in [0.2, 0.25) is 0 Å². The standard InChI is InChI=1S/C20H36N4/c1-7-11-19(15-21,13-17(5)9-3)23-24-20(16-22,12-8-2)14-18(6)10-4/h17-18H,7-14H2,1-6H3. The fourth-order valence-electron chi connectivity index (χ4n) is 3.09. The highest BCUT2D eigenvalue weighted by Gasteiger charge is 2.35. The highest BCUT2D eigenvalue weighted by Crippen LogP contribution is 2.33. The smallest absolute Gasteiger partial charge is 0.167 e. The van der Waals surface area contributed by atoms with Crippen molar-refractivity contribution in [3.05, 3.63) is 0 Å². The minimum Gasteiger partial charge on any atom is -0.196 e. The average molecular weight is 333 g/mol. The molecule has 0 aliphatic rings. The summed E-state index contributed by atoms with van der Waals surface area (Å²) in [6, 6.07) is 4.84. The molecule has 4 atom stereocenters. The van der Waals surface area contributed by atoms with E-state index >= 15 is 0 Å². The van der Waals surface area contributed by atoms with Gasteiger partial charge in [-0.05, 0) is 37.5 Å². The third-order valence-electron chi connectivity index (χ3n) is 4.94. The van der Waals surface area contributed by atoms with E-state index in [-0.39, 0.29) is 0 Å². The monoisotopic (exact) mass is 332 g/mol. The van der Waals surface area contributed by atoms with Gasteiger partial charge in [0.1, 0.15) is 0 Å². The van der Waals surface area contributed by atoms with Gasteiger partial charge in [0, 0.05) is 0 Å². The van der Waals surface area contributed by atoms with E-state index in [1.54, 1.807) is 0 Å². The maximum atomic E-state index is 9.79. The van der Waals surface area contributed by atoms with Gasteiger partial charge in [-0.2, -0.15) is 20.8 Å². The molecule has 0 aromatic carbocycles. The Morgan fingerprint density at radius 3 is 1.29 bits per heavy atom. The van der Waals surface area contributed by atoms with Crippen molar-refractivity contribution in [1.29, 1.82) is 10.5 Å². The zero-order chi connectivity index (χ0) is 18.6. The first-order chi connectivity index (χ1) is 11.4. The first-order valence-corrected chi connectivity index (χ1v) is 9.62. The lowest BCUT2D eigenvalue weighted by Gasteiger charge is -2.28. The Balaban J connectivity index is 5.64. The topological polar surface area (TPSA) is 72.3 Å². The van der Waals surface area contributed by atoms with Crippen molar-refractivity contribution in [3.63, 3.8) is 0 Å². The van der Waals surface area contributed by atoms with Gasteiger partial charge in [-0.25, -0.2) is 0 Å². The molecule has 0 aliphatic carbocycles. The Kier molecular flexibility index (Phi) is 10.5. The van der Waals surface area contributed by atoms with Crippen LogP contribution in [0, 0.1) is 34.5 Å². The van der Waals surface area contributed by atoms with Crippen molar-refractivity contribution in [2.24, 2.45) is 22.1 Å². The number of nitriles is 2. The van der Waals surface area contributed by atoms with E-state index in [4.69, 9.17) is 0 Å². The predicted octanol–water partition coefficient (Wildman–Crippen LogP) is 6.44. The van der Waals surface area contributed by atoms with Crippen LogP contribution in [0.4, 0.5) is 0 Å². The predicted molar refractivity (Wildman–Crippen MR) is 99.5 cm³/mol. The van der Waals surface area contributed by atoms with Crippen LogP contribution in [-0.4, -0.2) is 11.1 Å². The Bertz CT molecular complexity index is 417. The molecule has 0 aromatic rings. The Morgan fingerprint density at radius 1 is 0.750 bits per heavy atom. The fourth-order valence-corrected chi connectivity index (χ4v) is 3.09. The molecule has 0 radical (unpaired) electrons. The number of azo groups is 1. The quantitative estimate of drug-likeness (QED) is 0.386. The number of hydrogen-bond donors (Lipinski definition) is 0. The molecule has 24 heavy (non-hydrogen) atoms. The molecule has 4 heteroatoms. The maximum absolute atomic E-state index is 9.79. The minimum absolute atomic E-state index is 0.423. The first kappa shape index (κ1) is 22.6. The van der Waals surface area contributed by atoms with Crippen LogP contribution >= 0.6 is 0 Å². The van der Waals surface area contributed by atoms with Crippen LogP contribution in [0.3, 0.4) is 0 Å². The van der Waals surface area contributed by atoms with Crippen LogP contribution in [0.5, 0.6) is 0 Å². The summed E-state index contributed by atoms with van der Waals surface area (Å²) in [4.78, 5) is 0. The van der Waals surface area contributed by atoms with Crippen LogP contribution in [0.1, 0.15) is 92.9 Å². The molecule has 0 fully saturated rings. The van der Waals surface area contributed by atoms with Crippen molar-refractivity contribution in [1.82, 2.24) is 0 Å². The molecule has 136 valence electrons. The highest BCUT2D eigenvalue weighted by molar-refractivity contribution is 5.11. The fraction of sp³-hybridized carbons (Fsp3) is 0.900. The number of rotatable bonds is 12. The van der Waals surface area contributed by atoms with Crippen LogP contribution < -0.4 is 0 Å². The van der Waals surface area contributed by atoms with Gasteiger partial charge in [-0.1, -0.05) is 67.2 Å². The molecule has 4 unspecified atom stereocenters. The van der Waals surface area contributed by atoms with Crippen LogP contribution in [0.25, 0.3) is 0 Å². The summed E-state index contributed by atoms with van der Waals surface area (Å²) in [5.74, 6) is 0.847. The van der Waals surface area contributed by atoms with E-state index in [1.165, 1.54) is 0 Å². The zero-order valence-electron chi connectivity index (χ0n) is 16.6. The largest absolute Gasteiger partial charge is 0.196 e. The second kappa shape index (κ2) is 11.2. The summed E-state index contributed by atoms with van der Waals surface area (Å²) >= 11 is 0. The van der Waals surface area contributed by atoms with E-state index in [1.807, 2.05) is 0 Å². The molecule has 0 saturated carbocycles. The molecule has 0 rings (SSSR count). The van der Waals surface area contributed by atoms with E-state index in [0.717, 1.165) is 25.7 Å². The van der Waals surface area contributed by atoms with Gasteiger partial charge in [-0.3, -0.25) is 0 Å². The Morgan fingerprint density at radius 2 is 1.08 bits per heavy atom. The van der Waals surface area contributed by atoms with Gasteiger partial charge in [0.15, 0.2) is 11.1 Å². The molecule has 0 saturated heterocycles.